The van der Waals surface area contributed by atoms with Crippen LogP contribution in [0.15, 0.2) is 99.2 Å². The van der Waals surface area contributed by atoms with E-state index in [2.05, 4.69) is 10.1 Å². The Labute approximate surface area is 253 Å². The molecule has 0 saturated carbocycles. The number of hydrogen-bond acceptors (Lipinski definition) is 8. The topological polar surface area (TPSA) is 122 Å². The minimum Gasteiger partial charge on any atom is -0.496 e. The van der Waals surface area contributed by atoms with Gasteiger partial charge in [-0.15, -0.1) is 0 Å². The van der Waals surface area contributed by atoms with Crippen LogP contribution in [0.1, 0.15) is 11.1 Å². The molecule has 0 aliphatic heterocycles. The van der Waals surface area contributed by atoms with E-state index in [1.54, 1.807) is 73.8 Å². The minimum absolute atomic E-state index is 0.0538. The van der Waals surface area contributed by atoms with Gasteiger partial charge in [-0.2, -0.15) is 9.78 Å². The van der Waals surface area contributed by atoms with Crippen LogP contribution in [0.2, 0.25) is 10.0 Å². The maximum atomic E-state index is 13.7. The zero-order valence-corrected chi connectivity index (χ0v) is 23.9. The molecule has 0 aliphatic carbocycles. The molecule has 0 fully saturated rings. The van der Waals surface area contributed by atoms with Crippen LogP contribution >= 0.6 is 23.2 Å². The standard InChI is InChI=1S/C31H20Cl2N4O6/c1-41-27-7-4-8-28-23(27)15-29(43-28)30-35-25-6-3-2-5-22(25)31(38)36(30)34-16-19-13-21(37(39)40)11-12-26(19)42-17-18-9-10-20(32)14-24(18)33/h2-16H,17H2,1H3. The Morgan fingerprint density at radius 1 is 1.00 bits per heavy atom. The van der Waals surface area contributed by atoms with Gasteiger partial charge >= 0.3 is 0 Å². The first-order chi connectivity index (χ1) is 20.8. The number of nitrogens with zero attached hydrogens (tertiary/aromatic N) is 4. The lowest BCUT2D eigenvalue weighted by Crippen LogP contribution is -2.20. The van der Waals surface area contributed by atoms with E-state index in [-0.39, 0.29) is 35.2 Å². The molecule has 0 amide bonds. The van der Waals surface area contributed by atoms with Gasteiger partial charge in [0.1, 0.15) is 23.7 Å². The number of para-hydroxylation sites is 1. The summed E-state index contributed by atoms with van der Waals surface area (Å²) in [5.74, 6) is 1.26. The van der Waals surface area contributed by atoms with Gasteiger partial charge in [0, 0.05) is 33.3 Å². The number of furan rings is 1. The summed E-state index contributed by atoms with van der Waals surface area (Å²) in [5, 5.41) is 17.9. The summed E-state index contributed by atoms with van der Waals surface area (Å²) >= 11 is 12.3. The molecule has 0 bridgehead atoms. The molecule has 6 rings (SSSR count). The lowest BCUT2D eigenvalue weighted by Gasteiger charge is -2.11. The second kappa shape index (κ2) is 11.6. The van der Waals surface area contributed by atoms with E-state index in [0.29, 0.717) is 43.2 Å². The molecule has 43 heavy (non-hydrogen) atoms. The van der Waals surface area contributed by atoms with Crippen LogP contribution in [-0.4, -0.2) is 27.9 Å². The van der Waals surface area contributed by atoms with E-state index in [9.17, 15) is 14.9 Å². The van der Waals surface area contributed by atoms with Crippen molar-refractivity contribution >= 4 is 57.0 Å². The first-order valence-corrected chi connectivity index (χ1v) is 13.6. The average Bonchev–Trinajstić information content (AvgIpc) is 3.45. The molecule has 12 heteroatoms. The number of benzene rings is 4. The van der Waals surface area contributed by atoms with Crippen molar-refractivity contribution in [2.75, 3.05) is 7.11 Å². The number of aromatic nitrogens is 2. The van der Waals surface area contributed by atoms with Gasteiger partial charge in [0.05, 0.1) is 34.5 Å². The molecule has 0 N–H and O–H groups in total. The predicted molar refractivity (Wildman–Crippen MR) is 165 cm³/mol. The number of methoxy groups -OCH3 is 1. The van der Waals surface area contributed by atoms with Crippen molar-refractivity contribution in [1.82, 2.24) is 9.66 Å². The van der Waals surface area contributed by atoms with Gasteiger partial charge in [-0.1, -0.05) is 47.5 Å². The lowest BCUT2D eigenvalue weighted by molar-refractivity contribution is -0.384. The van der Waals surface area contributed by atoms with Crippen LogP contribution in [0.4, 0.5) is 5.69 Å². The van der Waals surface area contributed by atoms with E-state index in [0.717, 1.165) is 4.68 Å². The van der Waals surface area contributed by atoms with Crippen LogP contribution in [0, 0.1) is 10.1 Å². The molecule has 2 aromatic heterocycles. The number of non-ortho nitro benzene ring substituents is 1. The fourth-order valence-corrected chi connectivity index (χ4v) is 4.97. The van der Waals surface area contributed by atoms with Gasteiger partial charge < -0.3 is 13.9 Å². The second-order valence-electron chi connectivity index (χ2n) is 9.30. The highest BCUT2D eigenvalue weighted by Crippen LogP contribution is 2.33. The molecule has 0 radical (unpaired) electrons. The Morgan fingerprint density at radius 2 is 1.84 bits per heavy atom. The van der Waals surface area contributed by atoms with Crippen LogP contribution in [0.25, 0.3) is 33.5 Å². The second-order valence-corrected chi connectivity index (χ2v) is 10.1. The fourth-order valence-electron chi connectivity index (χ4n) is 4.51. The number of hydrogen-bond donors (Lipinski definition) is 0. The van der Waals surface area contributed by atoms with E-state index in [1.807, 2.05) is 0 Å². The van der Waals surface area contributed by atoms with Crippen molar-refractivity contribution in [1.29, 1.82) is 0 Å². The molecule has 0 spiro atoms. The number of halogens is 2. The Hall–Kier alpha value is -5.19. The highest BCUT2D eigenvalue weighted by atomic mass is 35.5. The molecular formula is C31H20Cl2N4O6. The highest BCUT2D eigenvalue weighted by molar-refractivity contribution is 6.35. The maximum absolute atomic E-state index is 13.7. The molecule has 10 nitrogen and oxygen atoms in total. The lowest BCUT2D eigenvalue weighted by atomic mass is 10.2. The van der Waals surface area contributed by atoms with Crippen LogP contribution in [0.5, 0.6) is 11.5 Å². The molecule has 214 valence electrons. The summed E-state index contributed by atoms with van der Waals surface area (Å²) in [6.45, 7) is 0.0538. The first kappa shape index (κ1) is 28.0. The van der Waals surface area contributed by atoms with Crippen molar-refractivity contribution < 1.29 is 18.8 Å². The average molecular weight is 615 g/mol. The predicted octanol–water partition coefficient (Wildman–Crippen LogP) is 7.49. The van der Waals surface area contributed by atoms with E-state index in [4.69, 9.17) is 37.1 Å². The Balaban J connectivity index is 1.47. The van der Waals surface area contributed by atoms with Crippen molar-refractivity contribution in [3.8, 4) is 23.1 Å². The zero-order valence-electron chi connectivity index (χ0n) is 22.4. The number of nitro benzene ring substituents is 1. The first-order valence-electron chi connectivity index (χ1n) is 12.8. The quantitative estimate of drug-likeness (QED) is 0.0988. The zero-order chi connectivity index (χ0) is 30.1. The number of nitro groups is 1. The summed E-state index contributed by atoms with van der Waals surface area (Å²) in [4.78, 5) is 29.4. The third-order valence-electron chi connectivity index (χ3n) is 6.63. The Morgan fingerprint density at radius 3 is 2.63 bits per heavy atom. The fraction of sp³-hybridized carbons (Fsp3) is 0.0645. The summed E-state index contributed by atoms with van der Waals surface area (Å²) in [5.41, 5.74) is 1.22. The van der Waals surface area contributed by atoms with E-state index in [1.165, 1.54) is 24.4 Å². The maximum Gasteiger partial charge on any atom is 0.282 e. The van der Waals surface area contributed by atoms with Crippen LogP contribution in [0.3, 0.4) is 0 Å². The molecule has 0 unspecified atom stereocenters. The number of rotatable bonds is 8. The smallest absolute Gasteiger partial charge is 0.282 e. The normalized spacial score (nSPS) is 11.4. The molecule has 2 heterocycles. The van der Waals surface area contributed by atoms with Crippen LogP contribution < -0.4 is 15.0 Å². The largest absolute Gasteiger partial charge is 0.496 e. The summed E-state index contributed by atoms with van der Waals surface area (Å²) in [6, 6.07) is 23.0. The number of fused-ring (bicyclic) bond motifs is 2. The van der Waals surface area contributed by atoms with Gasteiger partial charge in [0.25, 0.3) is 11.2 Å². The molecule has 0 aliphatic rings. The van der Waals surface area contributed by atoms with Crippen molar-refractivity contribution in [2.45, 2.75) is 6.61 Å². The molecule has 0 saturated heterocycles. The van der Waals surface area contributed by atoms with E-state index < -0.39 is 10.5 Å². The van der Waals surface area contributed by atoms with Gasteiger partial charge in [0.2, 0.25) is 5.82 Å². The third kappa shape index (κ3) is 5.53. The van der Waals surface area contributed by atoms with Crippen LogP contribution in [-0.2, 0) is 6.61 Å². The molecule has 4 aromatic carbocycles. The minimum atomic E-state index is -0.534. The summed E-state index contributed by atoms with van der Waals surface area (Å²) < 4.78 is 18.6. The summed E-state index contributed by atoms with van der Waals surface area (Å²) in [7, 11) is 1.55. The van der Waals surface area contributed by atoms with Crippen molar-refractivity contribution in [3.05, 3.63) is 127 Å². The van der Waals surface area contributed by atoms with E-state index >= 15 is 0 Å². The van der Waals surface area contributed by atoms with Crippen molar-refractivity contribution in [3.63, 3.8) is 0 Å². The Kier molecular flexibility index (Phi) is 7.54. The summed E-state index contributed by atoms with van der Waals surface area (Å²) in [6.07, 6.45) is 1.30. The van der Waals surface area contributed by atoms with Gasteiger partial charge in [-0.3, -0.25) is 14.9 Å². The molecule has 0 atom stereocenters. The van der Waals surface area contributed by atoms with Gasteiger partial charge in [-0.25, -0.2) is 4.98 Å². The van der Waals surface area contributed by atoms with Gasteiger partial charge in [-0.05, 0) is 48.5 Å². The Bertz CT molecular complexity index is 2120. The molecule has 6 aromatic rings. The molecular weight excluding hydrogens is 595 g/mol. The third-order valence-corrected chi connectivity index (χ3v) is 7.22. The van der Waals surface area contributed by atoms with Crippen molar-refractivity contribution in [2.24, 2.45) is 5.10 Å². The monoisotopic (exact) mass is 614 g/mol. The highest BCUT2D eigenvalue weighted by Gasteiger charge is 2.19. The van der Waals surface area contributed by atoms with Gasteiger partial charge in [0.15, 0.2) is 5.76 Å². The SMILES string of the molecule is COc1cccc2oc(-c3nc4ccccc4c(=O)n3N=Cc3cc([N+](=O)[O-])ccc3OCc3ccc(Cl)cc3Cl)cc12. The number of ether oxygens (including phenoxy) is 2.